The Labute approximate surface area is 415 Å². The van der Waals surface area contributed by atoms with Gasteiger partial charge in [0.25, 0.3) is 11.8 Å². The maximum Gasteiger partial charge on any atom is 0.338 e. The standard InChI is InChI=1S/C24H27N3O5S.C16H21NO6.C10H10N2OS/c1-29-19-6-3-17(4-7-19)20-16-33-24(25-20)26-23(28)18-5-8-21(22(15-18)30-2)32-14-11-27-9-12-31-13-10-27;1-3-22-16(19)12-4-5-13(14(10-12)20-2)23-11-15(18)17-6-8-21-9-7-17;1-13-8-4-2-7(3-5-8)9-6-14-10(11)12-9/h3-8,15-16H,9-14H2,1-2H3,(H,25,26,28);4-5,10H,3,6-9,11H2,1-2H3;2-6H,1H3,(H2,11,12). The molecule has 0 saturated carbocycles. The number of morpholine rings is 2. The Hall–Kier alpha value is -6.97. The molecule has 0 aliphatic carbocycles. The van der Waals surface area contributed by atoms with Crippen molar-refractivity contribution in [2.75, 3.05) is 118 Å². The highest BCUT2D eigenvalue weighted by Gasteiger charge is 2.20. The van der Waals surface area contributed by atoms with Crippen LogP contribution in [0.2, 0.25) is 0 Å². The van der Waals surface area contributed by atoms with Gasteiger partial charge in [-0.1, -0.05) is 0 Å². The molecular formula is C50H58N6O12S2. The molecule has 2 fully saturated rings. The number of nitrogen functional groups attached to an aromatic ring is 1. The van der Waals surface area contributed by atoms with Crippen LogP contribution in [0.3, 0.4) is 0 Å². The van der Waals surface area contributed by atoms with Gasteiger partial charge in [0.2, 0.25) is 0 Å². The maximum atomic E-state index is 12.8. The van der Waals surface area contributed by atoms with Crippen molar-refractivity contribution in [1.82, 2.24) is 19.8 Å². The molecule has 3 N–H and O–H groups in total. The molecule has 18 nitrogen and oxygen atoms in total. The largest absolute Gasteiger partial charge is 0.497 e. The molecule has 0 bridgehead atoms. The third-order valence-corrected chi connectivity index (χ3v) is 12.0. The first-order chi connectivity index (χ1) is 34.1. The summed E-state index contributed by atoms with van der Waals surface area (Å²) in [4.78, 5) is 49.2. The zero-order valence-corrected chi connectivity index (χ0v) is 41.4. The van der Waals surface area contributed by atoms with Crippen molar-refractivity contribution in [2.24, 2.45) is 0 Å². The van der Waals surface area contributed by atoms with Gasteiger partial charge < -0.3 is 53.3 Å². The quantitative estimate of drug-likeness (QED) is 0.0861. The average Bonchev–Trinajstić information content (AvgIpc) is 4.08. The summed E-state index contributed by atoms with van der Waals surface area (Å²) < 4.78 is 47.8. The number of carbonyl (C=O) groups is 3. The Morgan fingerprint density at radius 1 is 0.657 bits per heavy atom. The molecule has 2 amide bonds. The molecule has 4 heterocycles. The molecule has 70 heavy (non-hydrogen) atoms. The lowest BCUT2D eigenvalue weighted by Crippen LogP contribution is -2.43. The van der Waals surface area contributed by atoms with E-state index >= 15 is 0 Å². The Morgan fingerprint density at radius 3 is 1.76 bits per heavy atom. The van der Waals surface area contributed by atoms with Crippen LogP contribution in [0.4, 0.5) is 10.3 Å². The van der Waals surface area contributed by atoms with Gasteiger partial charge in [0.05, 0.1) is 78.4 Å². The molecule has 2 saturated heterocycles. The molecule has 4 aromatic carbocycles. The predicted molar refractivity (Wildman–Crippen MR) is 268 cm³/mol. The summed E-state index contributed by atoms with van der Waals surface area (Å²) in [5.41, 5.74) is 10.1. The summed E-state index contributed by atoms with van der Waals surface area (Å²) in [6.45, 7) is 8.88. The van der Waals surface area contributed by atoms with Crippen LogP contribution in [0.25, 0.3) is 22.5 Å². The van der Waals surface area contributed by atoms with Gasteiger partial charge in [0, 0.05) is 60.2 Å². The fraction of sp³-hybridized carbons (Fsp3) is 0.340. The number of rotatable bonds is 17. The number of hydrogen-bond donors (Lipinski definition) is 2. The second-order valence-electron chi connectivity index (χ2n) is 15.1. The van der Waals surface area contributed by atoms with Gasteiger partial charge >= 0.3 is 5.97 Å². The van der Waals surface area contributed by atoms with Crippen LogP contribution in [0, 0.1) is 0 Å². The van der Waals surface area contributed by atoms with Crippen LogP contribution < -0.4 is 39.5 Å². The number of nitrogens with two attached hydrogens (primary N) is 1. The van der Waals surface area contributed by atoms with Crippen molar-refractivity contribution in [3.8, 4) is 57.0 Å². The van der Waals surface area contributed by atoms with E-state index in [9.17, 15) is 14.4 Å². The van der Waals surface area contributed by atoms with E-state index in [1.165, 1.54) is 35.8 Å². The molecule has 0 radical (unpaired) electrons. The molecule has 372 valence electrons. The number of aromatic nitrogens is 2. The van der Waals surface area contributed by atoms with E-state index in [4.69, 9.17) is 48.4 Å². The minimum atomic E-state index is -0.429. The van der Waals surface area contributed by atoms with Crippen molar-refractivity contribution >= 4 is 50.7 Å². The minimum Gasteiger partial charge on any atom is -0.497 e. The summed E-state index contributed by atoms with van der Waals surface area (Å²) in [7, 11) is 6.31. The number of nitrogens with one attached hydrogen (secondary N) is 1. The number of nitrogens with zero attached hydrogens (tertiary/aromatic N) is 4. The van der Waals surface area contributed by atoms with E-state index in [-0.39, 0.29) is 18.4 Å². The molecule has 0 unspecified atom stereocenters. The summed E-state index contributed by atoms with van der Waals surface area (Å²) in [5.74, 6) is 2.74. The first kappa shape index (κ1) is 52.4. The second kappa shape index (κ2) is 27.3. The van der Waals surface area contributed by atoms with E-state index in [1.54, 1.807) is 63.5 Å². The Morgan fingerprint density at radius 2 is 1.20 bits per heavy atom. The number of ether oxygens (including phenoxy) is 9. The lowest BCUT2D eigenvalue weighted by atomic mass is 10.2. The fourth-order valence-electron chi connectivity index (χ4n) is 6.79. The van der Waals surface area contributed by atoms with Gasteiger partial charge in [0.1, 0.15) is 18.1 Å². The molecule has 2 aliphatic heterocycles. The number of esters is 1. The van der Waals surface area contributed by atoms with Crippen LogP contribution in [0.15, 0.2) is 95.7 Å². The van der Waals surface area contributed by atoms with Gasteiger partial charge in [-0.05, 0) is 91.9 Å². The lowest BCUT2D eigenvalue weighted by Gasteiger charge is -2.26. The third-order valence-electron chi connectivity index (χ3n) is 10.6. The number of anilines is 2. The van der Waals surface area contributed by atoms with Crippen LogP contribution in [-0.4, -0.2) is 145 Å². The Balaban J connectivity index is 0.000000188. The predicted octanol–water partition coefficient (Wildman–Crippen LogP) is 7.30. The summed E-state index contributed by atoms with van der Waals surface area (Å²) >= 11 is 2.82. The number of hydrogen-bond acceptors (Lipinski definition) is 18. The number of benzene rings is 4. The Bertz CT molecular complexity index is 2580. The SMILES string of the molecule is CCOC(=O)c1ccc(OCC(=O)N2CCOCC2)c(OC)c1.COc1ccc(-c2csc(N)n2)cc1.COc1ccc(-c2csc(NC(=O)c3ccc(OCCN4CCOCC4)c(OC)c3)n2)cc1. The fourth-order valence-corrected chi connectivity index (χ4v) is 8.07. The van der Waals surface area contributed by atoms with Crippen molar-refractivity contribution in [3.63, 3.8) is 0 Å². The molecule has 2 aromatic heterocycles. The number of thiazole rings is 2. The van der Waals surface area contributed by atoms with E-state index in [1.807, 2.05) is 59.3 Å². The number of methoxy groups -OCH3 is 4. The highest BCUT2D eigenvalue weighted by atomic mass is 32.1. The molecule has 8 rings (SSSR count). The van der Waals surface area contributed by atoms with Crippen molar-refractivity contribution in [2.45, 2.75) is 6.92 Å². The molecule has 20 heteroatoms. The maximum absolute atomic E-state index is 12.8. The van der Waals surface area contributed by atoms with Crippen LogP contribution >= 0.6 is 22.7 Å². The smallest absolute Gasteiger partial charge is 0.338 e. The lowest BCUT2D eigenvalue weighted by molar-refractivity contribution is -0.137. The van der Waals surface area contributed by atoms with Gasteiger partial charge in [0.15, 0.2) is 39.9 Å². The van der Waals surface area contributed by atoms with Crippen molar-refractivity contribution in [1.29, 1.82) is 0 Å². The monoisotopic (exact) mass is 998 g/mol. The highest BCUT2D eigenvalue weighted by molar-refractivity contribution is 7.14. The number of carbonyl (C=O) groups excluding carboxylic acids is 3. The van der Waals surface area contributed by atoms with E-state index in [0.29, 0.717) is 83.9 Å². The Kier molecular flexibility index (Phi) is 20.4. The van der Waals surface area contributed by atoms with E-state index in [0.717, 1.165) is 66.9 Å². The van der Waals surface area contributed by atoms with Gasteiger partial charge in [-0.3, -0.25) is 19.8 Å². The van der Waals surface area contributed by atoms with Gasteiger partial charge in [-0.25, -0.2) is 14.8 Å². The van der Waals surface area contributed by atoms with Crippen molar-refractivity contribution in [3.05, 3.63) is 107 Å². The van der Waals surface area contributed by atoms with Crippen LogP contribution in [0.1, 0.15) is 27.6 Å². The third kappa shape index (κ3) is 15.5. The summed E-state index contributed by atoms with van der Waals surface area (Å²) in [6, 6.07) is 25.2. The van der Waals surface area contributed by atoms with E-state index < -0.39 is 5.97 Å². The molecule has 6 aromatic rings. The average molecular weight is 999 g/mol. The topological polar surface area (TPSA) is 205 Å². The number of amides is 2. The van der Waals surface area contributed by atoms with Gasteiger partial charge in [-0.2, -0.15) is 0 Å². The summed E-state index contributed by atoms with van der Waals surface area (Å²) in [6.07, 6.45) is 0. The minimum absolute atomic E-state index is 0.0882. The van der Waals surface area contributed by atoms with E-state index in [2.05, 4.69) is 20.2 Å². The molecular weight excluding hydrogens is 941 g/mol. The molecule has 0 spiro atoms. The summed E-state index contributed by atoms with van der Waals surface area (Å²) in [5, 5.41) is 7.82. The molecule has 2 aliphatic rings. The van der Waals surface area contributed by atoms with Gasteiger partial charge in [-0.15, -0.1) is 22.7 Å². The second-order valence-corrected chi connectivity index (χ2v) is 16.8. The van der Waals surface area contributed by atoms with Crippen LogP contribution in [0.5, 0.6) is 34.5 Å². The first-order valence-corrected chi connectivity index (χ1v) is 24.1. The zero-order chi connectivity index (χ0) is 49.7. The normalized spacial score (nSPS) is 13.3. The zero-order valence-electron chi connectivity index (χ0n) is 39.8. The molecule has 0 atom stereocenters. The first-order valence-electron chi connectivity index (χ1n) is 22.3. The van der Waals surface area contributed by atoms with Crippen molar-refractivity contribution < 1.29 is 57.0 Å². The highest BCUT2D eigenvalue weighted by Crippen LogP contribution is 2.31. The van der Waals surface area contributed by atoms with Crippen LogP contribution in [-0.2, 0) is 19.0 Å².